The molecule has 0 unspecified atom stereocenters. The second-order valence-electron chi connectivity index (χ2n) is 4.89. The zero-order chi connectivity index (χ0) is 13.7. The Balaban J connectivity index is 3.20. The average Bonchev–Trinajstić information content (AvgIpc) is 2.29. The van der Waals surface area contributed by atoms with Crippen molar-refractivity contribution in [2.45, 2.75) is 53.4 Å². The summed E-state index contributed by atoms with van der Waals surface area (Å²) in [6.07, 6.45) is 2.37. The van der Waals surface area contributed by atoms with Crippen molar-refractivity contribution in [3.63, 3.8) is 0 Å². The Kier molecular flexibility index (Phi) is 5.25. The van der Waals surface area contributed by atoms with Crippen molar-refractivity contribution in [2.24, 2.45) is 5.92 Å². The number of aryl methyl sites for hydroxylation is 2. The molecule has 0 amide bonds. The molecule has 1 aromatic rings. The largest absolute Gasteiger partial charge is 0.481 e. The maximum absolute atomic E-state index is 10.9. The second kappa shape index (κ2) is 6.47. The quantitative estimate of drug-likeness (QED) is 0.842. The van der Waals surface area contributed by atoms with Crippen LogP contribution >= 0.6 is 0 Å². The first kappa shape index (κ1) is 14.6. The Labute approximate surface area is 108 Å². The fraction of sp³-hybridized carbons (Fsp3) is 0.643. The first-order chi connectivity index (χ1) is 8.47. The van der Waals surface area contributed by atoms with Gasteiger partial charge >= 0.3 is 5.97 Å². The summed E-state index contributed by atoms with van der Waals surface area (Å²) in [7, 11) is 0. The molecule has 1 N–H and O–H groups in total. The van der Waals surface area contributed by atoms with Crippen molar-refractivity contribution in [2.75, 3.05) is 0 Å². The molecule has 0 saturated heterocycles. The highest BCUT2D eigenvalue weighted by Gasteiger charge is 2.15. The molecular formula is C14H22N2O2. The average molecular weight is 250 g/mol. The fourth-order valence-electron chi connectivity index (χ4n) is 2.03. The zero-order valence-electron chi connectivity index (χ0n) is 11.7. The van der Waals surface area contributed by atoms with Crippen molar-refractivity contribution < 1.29 is 9.90 Å². The Morgan fingerprint density at radius 1 is 1.17 bits per heavy atom. The number of hydrogen-bond donors (Lipinski definition) is 1. The summed E-state index contributed by atoms with van der Waals surface area (Å²) in [5.41, 5.74) is 2.58. The minimum atomic E-state index is -0.820. The van der Waals surface area contributed by atoms with E-state index in [9.17, 15) is 4.79 Å². The zero-order valence-corrected chi connectivity index (χ0v) is 11.7. The number of carboxylic acids is 1. The van der Waals surface area contributed by atoms with Gasteiger partial charge in [-0.2, -0.15) is 0 Å². The van der Waals surface area contributed by atoms with Crippen LogP contribution in [0.15, 0.2) is 0 Å². The molecule has 0 radical (unpaired) electrons. The van der Waals surface area contributed by atoms with Crippen LogP contribution in [0.2, 0.25) is 0 Å². The van der Waals surface area contributed by atoms with Gasteiger partial charge in [0.05, 0.1) is 6.42 Å². The summed E-state index contributed by atoms with van der Waals surface area (Å²) >= 11 is 0. The van der Waals surface area contributed by atoms with Gasteiger partial charge < -0.3 is 5.11 Å². The van der Waals surface area contributed by atoms with E-state index in [4.69, 9.17) is 5.11 Å². The summed E-state index contributed by atoms with van der Waals surface area (Å²) in [6, 6.07) is 0. The lowest BCUT2D eigenvalue weighted by Gasteiger charge is -2.13. The fourth-order valence-corrected chi connectivity index (χ4v) is 2.03. The number of aliphatic carboxylic acids is 1. The molecule has 100 valence electrons. The van der Waals surface area contributed by atoms with Gasteiger partial charge in [-0.15, -0.1) is 0 Å². The molecule has 0 aliphatic heterocycles. The number of carboxylic acid groups (broad SMARTS) is 1. The van der Waals surface area contributed by atoms with E-state index in [0.29, 0.717) is 5.92 Å². The van der Waals surface area contributed by atoms with Gasteiger partial charge in [-0.25, -0.2) is 9.97 Å². The van der Waals surface area contributed by atoms with Gasteiger partial charge in [0.15, 0.2) is 0 Å². The smallest absolute Gasteiger partial charge is 0.307 e. The van der Waals surface area contributed by atoms with Crippen molar-refractivity contribution in [1.29, 1.82) is 0 Å². The molecule has 0 fully saturated rings. The van der Waals surface area contributed by atoms with Crippen molar-refractivity contribution >= 4 is 5.97 Å². The first-order valence-corrected chi connectivity index (χ1v) is 6.57. The van der Waals surface area contributed by atoms with Crippen LogP contribution in [0.25, 0.3) is 0 Å². The lowest BCUT2D eigenvalue weighted by atomic mass is 10.0. The van der Waals surface area contributed by atoms with Crippen LogP contribution in [0.5, 0.6) is 0 Å². The van der Waals surface area contributed by atoms with Gasteiger partial charge in [0.2, 0.25) is 0 Å². The van der Waals surface area contributed by atoms with E-state index >= 15 is 0 Å². The van der Waals surface area contributed by atoms with E-state index in [0.717, 1.165) is 42.0 Å². The van der Waals surface area contributed by atoms with Crippen LogP contribution in [0, 0.1) is 5.92 Å². The number of rotatable bonds is 6. The Morgan fingerprint density at radius 2 is 1.67 bits per heavy atom. The normalized spacial score (nSPS) is 10.9. The maximum atomic E-state index is 10.9. The van der Waals surface area contributed by atoms with Gasteiger partial charge in [-0.05, 0) is 18.8 Å². The molecule has 0 bridgehead atoms. The van der Waals surface area contributed by atoms with Gasteiger partial charge in [-0.3, -0.25) is 4.79 Å². The number of hydrogen-bond acceptors (Lipinski definition) is 3. The third-order valence-corrected chi connectivity index (χ3v) is 2.81. The highest BCUT2D eigenvalue weighted by Crippen LogP contribution is 2.16. The summed E-state index contributed by atoms with van der Waals surface area (Å²) in [4.78, 5) is 19.9. The predicted octanol–water partition coefficient (Wildman–Crippen LogP) is 2.43. The van der Waals surface area contributed by atoms with E-state index < -0.39 is 5.97 Å². The third kappa shape index (κ3) is 3.79. The second-order valence-corrected chi connectivity index (χ2v) is 4.89. The molecule has 0 aliphatic rings. The Morgan fingerprint density at radius 3 is 2.00 bits per heavy atom. The molecule has 0 atom stereocenters. The maximum Gasteiger partial charge on any atom is 0.307 e. The third-order valence-electron chi connectivity index (χ3n) is 2.81. The van der Waals surface area contributed by atoms with Crippen LogP contribution in [0.4, 0.5) is 0 Å². The molecule has 0 saturated carbocycles. The minimum Gasteiger partial charge on any atom is -0.481 e. The molecule has 1 heterocycles. The van der Waals surface area contributed by atoms with E-state index in [2.05, 4.69) is 23.8 Å². The van der Waals surface area contributed by atoms with Crippen LogP contribution < -0.4 is 0 Å². The van der Waals surface area contributed by atoms with Gasteiger partial charge in [-0.1, -0.05) is 27.7 Å². The Hall–Kier alpha value is -1.45. The van der Waals surface area contributed by atoms with E-state index in [1.807, 2.05) is 13.8 Å². The van der Waals surface area contributed by atoms with Gasteiger partial charge in [0, 0.05) is 23.4 Å². The molecule has 1 aromatic heterocycles. The van der Waals surface area contributed by atoms with Crippen molar-refractivity contribution in [3.8, 4) is 0 Å². The number of aromatic nitrogens is 2. The van der Waals surface area contributed by atoms with Gasteiger partial charge in [0.25, 0.3) is 0 Å². The van der Waals surface area contributed by atoms with Crippen molar-refractivity contribution in [3.05, 3.63) is 22.8 Å². The highest BCUT2D eigenvalue weighted by molar-refractivity contribution is 5.71. The number of nitrogens with zero attached hydrogens (tertiary/aromatic N) is 2. The van der Waals surface area contributed by atoms with E-state index in [1.54, 1.807) is 0 Å². The Bertz CT molecular complexity index is 403. The topological polar surface area (TPSA) is 63.1 Å². The molecular weight excluding hydrogens is 228 g/mol. The summed E-state index contributed by atoms with van der Waals surface area (Å²) in [5, 5.41) is 8.97. The number of carbonyl (C=O) groups is 1. The summed E-state index contributed by atoms with van der Waals surface area (Å²) < 4.78 is 0. The molecule has 18 heavy (non-hydrogen) atoms. The molecule has 0 aromatic carbocycles. The SMILES string of the molecule is CCc1nc(CC(C)C)nc(CC)c1CC(=O)O. The monoisotopic (exact) mass is 250 g/mol. The van der Waals surface area contributed by atoms with E-state index in [-0.39, 0.29) is 6.42 Å². The van der Waals surface area contributed by atoms with Crippen LogP contribution in [0.3, 0.4) is 0 Å². The first-order valence-electron chi connectivity index (χ1n) is 6.57. The lowest BCUT2D eigenvalue weighted by Crippen LogP contribution is -2.14. The molecule has 0 aliphatic carbocycles. The minimum absolute atomic E-state index is 0.0221. The predicted molar refractivity (Wildman–Crippen MR) is 70.7 cm³/mol. The molecule has 1 rings (SSSR count). The van der Waals surface area contributed by atoms with Crippen LogP contribution in [-0.2, 0) is 30.5 Å². The molecule has 0 spiro atoms. The lowest BCUT2D eigenvalue weighted by molar-refractivity contribution is -0.136. The van der Waals surface area contributed by atoms with Gasteiger partial charge in [0.1, 0.15) is 5.82 Å². The van der Waals surface area contributed by atoms with E-state index in [1.165, 1.54) is 0 Å². The highest BCUT2D eigenvalue weighted by atomic mass is 16.4. The summed E-state index contributed by atoms with van der Waals surface area (Å²) in [6.45, 7) is 8.27. The van der Waals surface area contributed by atoms with Crippen LogP contribution in [-0.4, -0.2) is 21.0 Å². The van der Waals surface area contributed by atoms with Crippen LogP contribution in [0.1, 0.15) is 50.5 Å². The standard InChI is InChI=1S/C14H22N2O2/c1-5-11-10(8-14(17)18)12(6-2)16-13(15-11)7-9(3)4/h9H,5-8H2,1-4H3,(H,17,18). The van der Waals surface area contributed by atoms with Crippen molar-refractivity contribution in [1.82, 2.24) is 9.97 Å². The molecule has 4 heteroatoms. The molecule has 4 nitrogen and oxygen atoms in total. The summed E-state index contributed by atoms with van der Waals surface area (Å²) in [5.74, 6) is 0.525.